The number of piperidine rings is 1. The zero-order chi connectivity index (χ0) is 17.0. The summed E-state index contributed by atoms with van der Waals surface area (Å²) in [6.45, 7) is 0.859. The van der Waals surface area contributed by atoms with E-state index >= 15 is 0 Å². The van der Waals surface area contributed by atoms with Gasteiger partial charge < -0.3 is 9.47 Å². The molecule has 0 N–H and O–H groups in total. The average Bonchev–Trinajstić information content (AvgIpc) is 3.21. The normalized spacial score (nSPS) is 22.0. The smallest absolute Gasteiger partial charge is 0.254 e. The first-order valence-electron chi connectivity index (χ1n) is 9.02. The standard InChI is InChI=1S/C21H21N3O/c1-23-13-22-18-9-8-15(12-20(18)23)21(25)24-10-4-7-17-16-6-3-2-5-14(16)11-19(17)24/h2-3,5-6,8-9,12-13,17,19H,4,7,10-11H2,1H3/t17-,19?/m1/s1. The Balaban J connectivity index is 1.50. The van der Waals surface area contributed by atoms with Crippen LogP contribution in [0.5, 0.6) is 0 Å². The highest BCUT2D eigenvalue weighted by molar-refractivity contribution is 5.97. The van der Waals surface area contributed by atoms with Gasteiger partial charge in [0.15, 0.2) is 0 Å². The maximum absolute atomic E-state index is 13.3. The van der Waals surface area contributed by atoms with Gasteiger partial charge in [-0.05, 0) is 48.6 Å². The molecule has 1 aliphatic heterocycles. The highest BCUT2D eigenvalue weighted by atomic mass is 16.2. The average molecular weight is 331 g/mol. The molecule has 0 saturated carbocycles. The van der Waals surface area contributed by atoms with Crippen molar-refractivity contribution in [1.82, 2.24) is 14.5 Å². The van der Waals surface area contributed by atoms with Gasteiger partial charge in [-0.15, -0.1) is 0 Å². The van der Waals surface area contributed by atoms with E-state index in [9.17, 15) is 4.79 Å². The van der Waals surface area contributed by atoms with Gasteiger partial charge in [0.05, 0.1) is 17.4 Å². The van der Waals surface area contributed by atoms with Gasteiger partial charge in [0.1, 0.15) is 0 Å². The zero-order valence-electron chi connectivity index (χ0n) is 14.4. The van der Waals surface area contributed by atoms with Crippen LogP contribution in [-0.2, 0) is 13.5 Å². The molecule has 0 spiro atoms. The van der Waals surface area contributed by atoms with E-state index < -0.39 is 0 Å². The fourth-order valence-electron chi connectivity index (χ4n) is 4.66. The number of imidazole rings is 1. The molecule has 126 valence electrons. The predicted octanol–water partition coefficient (Wildman–Crippen LogP) is 3.52. The fraction of sp³-hybridized carbons (Fsp3) is 0.333. The summed E-state index contributed by atoms with van der Waals surface area (Å²) in [5.74, 6) is 0.653. The molecule has 0 bridgehead atoms. The number of aryl methyl sites for hydroxylation is 1. The topological polar surface area (TPSA) is 38.1 Å². The van der Waals surface area contributed by atoms with E-state index in [1.165, 1.54) is 17.5 Å². The van der Waals surface area contributed by atoms with Gasteiger partial charge in [-0.1, -0.05) is 24.3 Å². The van der Waals surface area contributed by atoms with Crippen molar-refractivity contribution >= 4 is 16.9 Å². The number of carbonyl (C=O) groups is 1. The molecule has 25 heavy (non-hydrogen) atoms. The van der Waals surface area contributed by atoms with Crippen molar-refractivity contribution in [1.29, 1.82) is 0 Å². The molecular weight excluding hydrogens is 310 g/mol. The molecule has 1 aliphatic carbocycles. The van der Waals surface area contributed by atoms with Gasteiger partial charge in [-0.25, -0.2) is 4.98 Å². The van der Waals surface area contributed by atoms with Crippen LogP contribution >= 0.6 is 0 Å². The minimum atomic E-state index is 0.158. The van der Waals surface area contributed by atoms with Crippen LogP contribution in [0.3, 0.4) is 0 Å². The molecular formula is C21H21N3O. The molecule has 1 aromatic heterocycles. The maximum atomic E-state index is 13.3. The Kier molecular flexibility index (Phi) is 3.20. The summed E-state index contributed by atoms with van der Waals surface area (Å²) in [7, 11) is 1.97. The molecule has 5 rings (SSSR count). The first kappa shape index (κ1) is 14.7. The molecule has 4 heteroatoms. The van der Waals surface area contributed by atoms with Crippen molar-refractivity contribution in [3.05, 3.63) is 65.5 Å². The first-order valence-corrected chi connectivity index (χ1v) is 9.02. The predicted molar refractivity (Wildman–Crippen MR) is 97.7 cm³/mol. The second-order valence-corrected chi connectivity index (χ2v) is 7.28. The number of hydrogen-bond acceptors (Lipinski definition) is 2. The summed E-state index contributed by atoms with van der Waals surface area (Å²) in [6.07, 6.45) is 5.05. The van der Waals surface area contributed by atoms with E-state index in [1.807, 2.05) is 29.8 Å². The third kappa shape index (κ3) is 2.20. The van der Waals surface area contributed by atoms with Crippen LogP contribution in [0.25, 0.3) is 11.0 Å². The van der Waals surface area contributed by atoms with E-state index in [2.05, 4.69) is 34.1 Å². The molecule has 2 aromatic carbocycles. The Bertz CT molecular complexity index is 974. The minimum Gasteiger partial charge on any atom is -0.335 e. The lowest BCUT2D eigenvalue weighted by Gasteiger charge is -2.38. The van der Waals surface area contributed by atoms with E-state index in [0.717, 1.165) is 36.0 Å². The Morgan fingerprint density at radius 2 is 2.08 bits per heavy atom. The Morgan fingerprint density at radius 1 is 1.20 bits per heavy atom. The molecule has 2 aliphatic rings. The number of carbonyl (C=O) groups excluding carboxylic acids is 1. The number of amides is 1. The number of nitrogens with zero attached hydrogens (tertiary/aromatic N) is 3. The maximum Gasteiger partial charge on any atom is 0.254 e. The van der Waals surface area contributed by atoms with Gasteiger partial charge in [0, 0.05) is 31.1 Å². The lowest BCUT2D eigenvalue weighted by molar-refractivity contribution is 0.0595. The number of likely N-dealkylation sites (tertiary alicyclic amines) is 1. The second kappa shape index (κ2) is 5.45. The van der Waals surface area contributed by atoms with Gasteiger partial charge >= 0.3 is 0 Å². The minimum absolute atomic E-state index is 0.158. The fourth-order valence-corrected chi connectivity index (χ4v) is 4.66. The molecule has 1 fully saturated rings. The number of aromatic nitrogens is 2. The SMILES string of the molecule is Cn1cnc2ccc(C(=O)N3CCC[C@@H]4c5ccccc5CC43)cc21. The van der Waals surface area contributed by atoms with Crippen molar-refractivity contribution in [2.24, 2.45) is 7.05 Å². The molecule has 1 amide bonds. The third-order valence-electron chi connectivity index (χ3n) is 5.90. The van der Waals surface area contributed by atoms with E-state index in [-0.39, 0.29) is 5.91 Å². The first-order chi connectivity index (χ1) is 12.2. The van der Waals surface area contributed by atoms with Crippen LogP contribution in [0.2, 0.25) is 0 Å². The van der Waals surface area contributed by atoms with Crippen LogP contribution in [0.15, 0.2) is 48.8 Å². The molecule has 1 unspecified atom stereocenters. The third-order valence-corrected chi connectivity index (χ3v) is 5.90. The summed E-state index contributed by atoms with van der Waals surface area (Å²) in [4.78, 5) is 19.7. The van der Waals surface area contributed by atoms with Crippen LogP contribution in [-0.4, -0.2) is 32.9 Å². The Morgan fingerprint density at radius 3 is 3.00 bits per heavy atom. The molecule has 3 aromatic rings. The lowest BCUT2D eigenvalue weighted by Crippen LogP contribution is -2.46. The summed E-state index contributed by atoms with van der Waals surface area (Å²) in [5, 5.41) is 0. The van der Waals surface area contributed by atoms with E-state index in [0.29, 0.717) is 12.0 Å². The van der Waals surface area contributed by atoms with Crippen molar-refractivity contribution in [2.45, 2.75) is 31.2 Å². The Hall–Kier alpha value is -2.62. The van der Waals surface area contributed by atoms with Crippen LogP contribution in [0.4, 0.5) is 0 Å². The van der Waals surface area contributed by atoms with Crippen LogP contribution < -0.4 is 0 Å². The van der Waals surface area contributed by atoms with Gasteiger partial charge in [-0.2, -0.15) is 0 Å². The largest absolute Gasteiger partial charge is 0.335 e. The van der Waals surface area contributed by atoms with E-state index in [4.69, 9.17) is 0 Å². The van der Waals surface area contributed by atoms with Gasteiger partial charge in [0.25, 0.3) is 5.91 Å². The van der Waals surface area contributed by atoms with Crippen molar-refractivity contribution in [3.8, 4) is 0 Å². The zero-order valence-corrected chi connectivity index (χ0v) is 14.4. The quantitative estimate of drug-likeness (QED) is 0.684. The monoisotopic (exact) mass is 331 g/mol. The van der Waals surface area contributed by atoms with Crippen LogP contribution in [0, 0.1) is 0 Å². The number of rotatable bonds is 1. The van der Waals surface area contributed by atoms with Gasteiger partial charge in [0.2, 0.25) is 0 Å². The van der Waals surface area contributed by atoms with E-state index in [1.54, 1.807) is 6.33 Å². The van der Waals surface area contributed by atoms with Crippen molar-refractivity contribution < 1.29 is 4.79 Å². The summed E-state index contributed by atoms with van der Waals surface area (Å²) >= 11 is 0. The van der Waals surface area contributed by atoms with Crippen molar-refractivity contribution in [2.75, 3.05) is 6.54 Å². The molecule has 4 nitrogen and oxygen atoms in total. The van der Waals surface area contributed by atoms with Crippen molar-refractivity contribution in [3.63, 3.8) is 0 Å². The summed E-state index contributed by atoms with van der Waals surface area (Å²) in [6, 6.07) is 14.9. The summed E-state index contributed by atoms with van der Waals surface area (Å²) < 4.78 is 1.97. The highest BCUT2D eigenvalue weighted by Gasteiger charge is 2.40. The Labute approximate surface area is 147 Å². The highest BCUT2D eigenvalue weighted by Crippen LogP contribution is 2.42. The molecule has 2 atom stereocenters. The molecule has 0 radical (unpaired) electrons. The molecule has 2 heterocycles. The number of fused-ring (bicyclic) bond motifs is 4. The second-order valence-electron chi connectivity index (χ2n) is 7.28. The lowest BCUT2D eigenvalue weighted by atomic mass is 9.88. The van der Waals surface area contributed by atoms with Gasteiger partial charge in [-0.3, -0.25) is 4.79 Å². The molecule has 1 saturated heterocycles. The number of benzene rings is 2. The summed E-state index contributed by atoms with van der Waals surface area (Å²) in [5.41, 5.74) is 5.58. The van der Waals surface area contributed by atoms with Crippen LogP contribution in [0.1, 0.15) is 40.2 Å². The number of hydrogen-bond donors (Lipinski definition) is 0.